The molecule has 0 bridgehead atoms. The van der Waals surface area contributed by atoms with Crippen molar-refractivity contribution in [1.29, 1.82) is 0 Å². The lowest BCUT2D eigenvalue weighted by atomic mass is 10.2. The molecule has 1 aromatic carbocycles. The van der Waals surface area contributed by atoms with E-state index in [9.17, 15) is 19.7 Å². The van der Waals surface area contributed by atoms with Gasteiger partial charge < -0.3 is 20.4 Å². The summed E-state index contributed by atoms with van der Waals surface area (Å²) in [6.07, 6.45) is 0.0393. The molecule has 0 spiro atoms. The van der Waals surface area contributed by atoms with Crippen LogP contribution in [-0.2, 0) is 4.74 Å². The highest BCUT2D eigenvalue weighted by molar-refractivity contribution is 5.98. The molecule has 0 saturated heterocycles. The second kappa shape index (κ2) is 7.85. The Hall–Kier alpha value is -3.10. The Bertz CT molecular complexity index is 822. The van der Waals surface area contributed by atoms with Gasteiger partial charge in [-0.05, 0) is 39.3 Å². The molecule has 0 unspecified atom stereocenters. The van der Waals surface area contributed by atoms with Crippen molar-refractivity contribution in [1.82, 2.24) is 15.6 Å². The predicted molar refractivity (Wildman–Crippen MR) is 96.1 cm³/mol. The second-order valence-electron chi connectivity index (χ2n) is 6.75. The summed E-state index contributed by atoms with van der Waals surface area (Å²) in [7, 11) is 0. The van der Waals surface area contributed by atoms with Crippen LogP contribution in [0.25, 0.3) is 10.9 Å². The first-order valence-corrected chi connectivity index (χ1v) is 8.18. The number of carbonyl (C=O) groups excluding carboxylic acids is 2. The third-order valence-corrected chi connectivity index (χ3v) is 3.37. The van der Waals surface area contributed by atoms with Gasteiger partial charge in [0.15, 0.2) is 0 Å². The number of nitrogens with one attached hydrogen (secondary N) is 3. The zero-order valence-corrected chi connectivity index (χ0v) is 14.9. The third kappa shape index (κ3) is 5.47. The molecule has 0 aliphatic rings. The normalized spacial score (nSPS) is 11.2. The smallest absolute Gasteiger partial charge is 0.407 e. The predicted octanol–water partition coefficient (Wildman–Crippen LogP) is 2.72. The van der Waals surface area contributed by atoms with Gasteiger partial charge in [0.05, 0.1) is 10.4 Å². The molecule has 9 nitrogen and oxygen atoms in total. The van der Waals surface area contributed by atoms with E-state index in [1.54, 1.807) is 32.9 Å². The summed E-state index contributed by atoms with van der Waals surface area (Å²) in [5.41, 5.74) is 0.249. The molecule has 0 aliphatic heterocycles. The van der Waals surface area contributed by atoms with Crippen molar-refractivity contribution in [3.05, 3.63) is 40.1 Å². The molecule has 26 heavy (non-hydrogen) atoms. The van der Waals surface area contributed by atoms with Crippen LogP contribution in [0, 0.1) is 10.1 Å². The molecule has 1 heterocycles. The van der Waals surface area contributed by atoms with E-state index in [1.165, 1.54) is 12.1 Å². The lowest BCUT2D eigenvalue weighted by molar-refractivity contribution is -0.384. The summed E-state index contributed by atoms with van der Waals surface area (Å²) in [5, 5.41) is 16.8. The first-order valence-electron chi connectivity index (χ1n) is 8.18. The van der Waals surface area contributed by atoms with E-state index in [0.29, 0.717) is 36.1 Å². The number of nitrogens with zero attached hydrogens (tertiary/aromatic N) is 1. The quantitative estimate of drug-likeness (QED) is 0.414. The van der Waals surface area contributed by atoms with Crippen LogP contribution in [0.15, 0.2) is 24.3 Å². The van der Waals surface area contributed by atoms with Crippen LogP contribution in [0.2, 0.25) is 0 Å². The Morgan fingerprint density at radius 2 is 1.88 bits per heavy atom. The van der Waals surface area contributed by atoms with Crippen molar-refractivity contribution in [2.75, 3.05) is 13.1 Å². The number of nitro groups is 1. The Kier molecular flexibility index (Phi) is 5.81. The Labute approximate surface area is 150 Å². The average Bonchev–Trinajstić information content (AvgIpc) is 2.95. The largest absolute Gasteiger partial charge is 0.444 e. The fourth-order valence-corrected chi connectivity index (χ4v) is 2.24. The van der Waals surface area contributed by atoms with Gasteiger partial charge in [-0.15, -0.1) is 0 Å². The number of H-pyrrole nitrogens is 1. The molecule has 0 aliphatic carbocycles. The standard InChI is InChI=1S/C17H22N4O5/c1-17(2,3)26-16(23)19-8-4-7-18-15(22)14-9-11-5-6-12(21(24)25)10-13(11)20-14/h5-6,9-10,20H,4,7-8H2,1-3H3,(H,18,22)(H,19,23). The van der Waals surface area contributed by atoms with Crippen LogP contribution in [0.5, 0.6) is 0 Å². The highest BCUT2D eigenvalue weighted by Crippen LogP contribution is 2.21. The summed E-state index contributed by atoms with van der Waals surface area (Å²) >= 11 is 0. The van der Waals surface area contributed by atoms with E-state index in [1.807, 2.05) is 0 Å². The first kappa shape index (κ1) is 19.2. The van der Waals surface area contributed by atoms with E-state index < -0.39 is 16.6 Å². The van der Waals surface area contributed by atoms with Gasteiger partial charge in [-0.25, -0.2) is 4.79 Å². The number of fused-ring (bicyclic) bond motifs is 1. The van der Waals surface area contributed by atoms with Crippen molar-refractivity contribution in [2.45, 2.75) is 32.8 Å². The van der Waals surface area contributed by atoms with Crippen LogP contribution in [-0.4, -0.2) is 40.6 Å². The number of rotatable bonds is 6. The Morgan fingerprint density at radius 1 is 1.19 bits per heavy atom. The molecule has 2 aromatic rings. The molecule has 2 rings (SSSR count). The minimum atomic E-state index is -0.553. The van der Waals surface area contributed by atoms with Gasteiger partial charge in [-0.3, -0.25) is 14.9 Å². The number of benzene rings is 1. The van der Waals surface area contributed by atoms with Gasteiger partial charge in [0, 0.05) is 30.6 Å². The van der Waals surface area contributed by atoms with Gasteiger partial charge in [-0.2, -0.15) is 0 Å². The summed E-state index contributed by atoms with van der Waals surface area (Å²) < 4.78 is 5.10. The lowest BCUT2D eigenvalue weighted by Crippen LogP contribution is -2.34. The number of hydrogen-bond acceptors (Lipinski definition) is 5. The molecule has 9 heteroatoms. The summed E-state index contributed by atoms with van der Waals surface area (Å²) in [6, 6.07) is 6.00. The van der Waals surface area contributed by atoms with E-state index in [4.69, 9.17) is 4.74 Å². The van der Waals surface area contributed by atoms with E-state index >= 15 is 0 Å². The fourth-order valence-electron chi connectivity index (χ4n) is 2.24. The Balaban J connectivity index is 1.80. The number of hydrogen-bond donors (Lipinski definition) is 3. The summed E-state index contributed by atoms with van der Waals surface area (Å²) in [5.74, 6) is -0.318. The van der Waals surface area contributed by atoms with Crippen molar-refractivity contribution in [2.24, 2.45) is 0 Å². The molecule has 3 N–H and O–H groups in total. The molecule has 0 saturated carbocycles. The van der Waals surface area contributed by atoms with Gasteiger partial charge in [0.25, 0.3) is 11.6 Å². The molecule has 0 atom stereocenters. The molecule has 0 radical (unpaired) electrons. The number of ether oxygens (including phenoxy) is 1. The summed E-state index contributed by atoms with van der Waals surface area (Å²) in [4.78, 5) is 36.8. The SMILES string of the molecule is CC(C)(C)OC(=O)NCCCNC(=O)c1cc2ccc([N+](=O)[O-])cc2[nH]1. The molecular weight excluding hydrogens is 340 g/mol. The second-order valence-corrected chi connectivity index (χ2v) is 6.75. The topological polar surface area (TPSA) is 126 Å². The van der Waals surface area contributed by atoms with E-state index in [-0.39, 0.29) is 11.6 Å². The number of amides is 2. The minimum Gasteiger partial charge on any atom is -0.444 e. The molecule has 140 valence electrons. The Morgan fingerprint density at radius 3 is 2.54 bits per heavy atom. The molecular formula is C17H22N4O5. The molecule has 1 aromatic heterocycles. The molecule has 0 fully saturated rings. The number of nitro benzene ring substituents is 1. The lowest BCUT2D eigenvalue weighted by Gasteiger charge is -2.19. The zero-order chi connectivity index (χ0) is 19.3. The van der Waals surface area contributed by atoms with Gasteiger partial charge in [0.1, 0.15) is 11.3 Å². The van der Waals surface area contributed by atoms with Gasteiger partial charge >= 0.3 is 6.09 Å². The number of alkyl carbamates (subject to hydrolysis) is 1. The monoisotopic (exact) mass is 362 g/mol. The number of non-ortho nitro benzene ring substituents is 1. The van der Waals surface area contributed by atoms with Crippen LogP contribution < -0.4 is 10.6 Å². The van der Waals surface area contributed by atoms with Crippen molar-refractivity contribution in [3.8, 4) is 0 Å². The van der Waals surface area contributed by atoms with Gasteiger partial charge in [0.2, 0.25) is 0 Å². The maximum Gasteiger partial charge on any atom is 0.407 e. The molecule has 2 amide bonds. The van der Waals surface area contributed by atoms with Crippen molar-refractivity contribution < 1.29 is 19.2 Å². The minimum absolute atomic E-state index is 0.0421. The van der Waals surface area contributed by atoms with Crippen molar-refractivity contribution >= 4 is 28.6 Å². The zero-order valence-electron chi connectivity index (χ0n) is 14.9. The number of aromatic nitrogens is 1. The maximum atomic E-state index is 12.1. The fraction of sp³-hybridized carbons (Fsp3) is 0.412. The average molecular weight is 362 g/mol. The first-order chi connectivity index (χ1) is 12.2. The van der Waals surface area contributed by atoms with Crippen LogP contribution in [0.1, 0.15) is 37.7 Å². The van der Waals surface area contributed by atoms with Gasteiger partial charge in [-0.1, -0.05) is 0 Å². The highest BCUT2D eigenvalue weighted by Gasteiger charge is 2.15. The maximum absolute atomic E-state index is 12.1. The third-order valence-electron chi connectivity index (χ3n) is 3.37. The van der Waals surface area contributed by atoms with E-state index in [0.717, 1.165) is 0 Å². The van der Waals surface area contributed by atoms with Crippen LogP contribution >= 0.6 is 0 Å². The number of carbonyl (C=O) groups is 2. The van der Waals surface area contributed by atoms with Crippen LogP contribution in [0.4, 0.5) is 10.5 Å². The summed E-state index contributed by atoms with van der Waals surface area (Å²) in [6.45, 7) is 6.07. The van der Waals surface area contributed by atoms with Crippen molar-refractivity contribution in [3.63, 3.8) is 0 Å². The number of aromatic amines is 1. The van der Waals surface area contributed by atoms with E-state index in [2.05, 4.69) is 15.6 Å². The highest BCUT2D eigenvalue weighted by atomic mass is 16.6. The van der Waals surface area contributed by atoms with Crippen LogP contribution in [0.3, 0.4) is 0 Å².